The summed E-state index contributed by atoms with van der Waals surface area (Å²) in [6, 6.07) is 26.1. The highest BCUT2D eigenvalue weighted by molar-refractivity contribution is 6.15. The van der Waals surface area contributed by atoms with Crippen LogP contribution in [0.1, 0.15) is 16.4 Å². The molecule has 8 aromatic carbocycles. The van der Waals surface area contributed by atoms with Crippen LogP contribution < -0.4 is 0 Å². The van der Waals surface area contributed by atoms with E-state index in [9.17, 15) is 1.37 Å². The normalized spacial score (nSPS) is 14.8. The van der Waals surface area contributed by atoms with E-state index in [1.165, 1.54) is 6.07 Å². The summed E-state index contributed by atoms with van der Waals surface area (Å²) in [6.45, 7) is 0. The lowest BCUT2D eigenvalue weighted by Crippen LogP contribution is -2.00. The van der Waals surface area contributed by atoms with E-state index < -0.39 is 48.3 Å². The van der Waals surface area contributed by atoms with Crippen LogP contribution in [0.15, 0.2) is 180 Å². The molecule has 0 aliphatic rings. The second kappa shape index (κ2) is 11.9. The van der Waals surface area contributed by atoms with Crippen LogP contribution >= 0.6 is 0 Å². The van der Waals surface area contributed by atoms with Gasteiger partial charge in [-0.2, -0.15) is 0 Å². The van der Waals surface area contributed by atoms with Crippen molar-refractivity contribution in [2.75, 3.05) is 0 Å². The van der Waals surface area contributed by atoms with Gasteiger partial charge in [0.1, 0.15) is 11.2 Å². The van der Waals surface area contributed by atoms with Crippen LogP contribution in [-0.4, -0.2) is 15.0 Å². The van der Waals surface area contributed by atoms with Crippen LogP contribution in [-0.2, 0) is 0 Å². The monoisotopic (exact) mass is 663 g/mol. The van der Waals surface area contributed by atoms with E-state index in [4.69, 9.17) is 34.4 Å². The Bertz CT molecular complexity index is 3550. The first-order valence-corrected chi connectivity index (χ1v) is 16.1. The van der Waals surface area contributed by atoms with Crippen LogP contribution in [0.2, 0.25) is 0 Å². The molecule has 0 atom stereocenters. The summed E-state index contributed by atoms with van der Waals surface area (Å²) in [6.07, 6.45) is 0. The average Bonchev–Trinajstić information content (AvgIpc) is 3.66. The Morgan fingerprint density at radius 1 is 0.412 bits per heavy atom. The van der Waals surface area contributed by atoms with Crippen molar-refractivity contribution in [3.8, 4) is 56.4 Å². The fourth-order valence-corrected chi connectivity index (χ4v) is 6.56. The molecule has 0 bridgehead atoms. The Kier molecular flexibility index (Phi) is 4.51. The standard InChI is InChI=1S/C47H29N3O/c1-3-11-30(12-4-1)31-21-23-33(24-22-31)38-17-9-18-39-43-40(19-10-20-42(43)51-44(38)39)47-49-45(35-14-5-2-6-15-35)48-46(50-47)36-28-27-34-26-25-32-13-7-8-16-37(32)41(34)29-36/h1-29H/i1D,2D,3D,4D,5D,6D,9D,11D,12D,14D,15D,19D. The highest BCUT2D eigenvalue weighted by Gasteiger charge is 2.20. The van der Waals surface area contributed by atoms with E-state index in [0.29, 0.717) is 44.2 Å². The van der Waals surface area contributed by atoms with E-state index in [0.717, 1.165) is 21.5 Å². The van der Waals surface area contributed by atoms with Gasteiger partial charge >= 0.3 is 0 Å². The summed E-state index contributed by atoms with van der Waals surface area (Å²) in [4.78, 5) is 14.4. The predicted molar refractivity (Wildman–Crippen MR) is 209 cm³/mol. The molecule has 0 aliphatic heterocycles. The summed E-state index contributed by atoms with van der Waals surface area (Å²) < 4.78 is 109. The third-order valence-electron chi connectivity index (χ3n) is 8.96. The molecule has 238 valence electrons. The van der Waals surface area contributed by atoms with Crippen molar-refractivity contribution in [3.05, 3.63) is 176 Å². The van der Waals surface area contributed by atoms with Gasteiger partial charge in [0.25, 0.3) is 0 Å². The summed E-state index contributed by atoms with van der Waals surface area (Å²) in [5.74, 6) is -0.102. The van der Waals surface area contributed by atoms with Crippen LogP contribution in [0.25, 0.3) is 99.9 Å². The van der Waals surface area contributed by atoms with Gasteiger partial charge in [-0.05, 0) is 50.4 Å². The van der Waals surface area contributed by atoms with Gasteiger partial charge in [0.05, 0.1) is 16.4 Å². The van der Waals surface area contributed by atoms with E-state index in [1.54, 1.807) is 42.5 Å². The lowest BCUT2D eigenvalue weighted by Gasteiger charge is -2.10. The number of aromatic nitrogens is 3. The molecule has 2 aromatic heterocycles. The maximum atomic E-state index is 9.27. The molecule has 10 rings (SSSR count). The van der Waals surface area contributed by atoms with Gasteiger partial charge in [-0.15, -0.1) is 0 Å². The van der Waals surface area contributed by atoms with Crippen LogP contribution in [0.5, 0.6) is 0 Å². The second-order valence-electron chi connectivity index (χ2n) is 11.9. The maximum absolute atomic E-state index is 9.27. The highest BCUT2D eigenvalue weighted by atomic mass is 16.3. The molecule has 0 amide bonds. The molecule has 0 radical (unpaired) electrons. The minimum Gasteiger partial charge on any atom is -0.455 e. The van der Waals surface area contributed by atoms with E-state index in [1.807, 2.05) is 54.6 Å². The molecule has 0 unspecified atom stereocenters. The smallest absolute Gasteiger partial charge is 0.164 e. The third kappa shape index (κ3) is 5.04. The van der Waals surface area contributed by atoms with Crippen molar-refractivity contribution in [3.63, 3.8) is 0 Å². The van der Waals surface area contributed by atoms with Gasteiger partial charge in [0.2, 0.25) is 0 Å². The number of hydrogen-bond acceptors (Lipinski definition) is 4. The second-order valence-corrected chi connectivity index (χ2v) is 11.9. The maximum Gasteiger partial charge on any atom is 0.164 e. The third-order valence-corrected chi connectivity index (χ3v) is 8.96. The van der Waals surface area contributed by atoms with E-state index in [-0.39, 0.29) is 58.3 Å². The minimum atomic E-state index is -0.571. The molecule has 0 saturated heterocycles. The van der Waals surface area contributed by atoms with Gasteiger partial charge in [-0.25, -0.2) is 15.0 Å². The van der Waals surface area contributed by atoms with Crippen molar-refractivity contribution in [1.29, 1.82) is 0 Å². The number of nitrogens with zero attached hydrogens (tertiary/aromatic N) is 3. The number of furan rings is 1. The van der Waals surface area contributed by atoms with Gasteiger partial charge < -0.3 is 4.42 Å². The van der Waals surface area contributed by atoms with Crippen molar-refractivity contribution in [1.82, 2.24) is 15.0 Å². The summed E-state index contributed by atoms with van der Waals surface area (Å²) in [7, 11) is 0. The molecule has 10 aromatic rings. The molecular weight excluding hydrogens is 623 g/mol. The van der Waals surface area contributed by atoms with Crippen LogP contribution in [0.4, 0.5) is 0 Å². The van der Waals surface area contributed by atoms with E-state index in [2.05, 4.69) is 0 Å². The fourth-order valence-electron chi connectivity index (χ4n) is 6.56. The fraction of sp³-hybridized carbons (Fsp3) is 0. The predicted octanol–water partition coefficient (Wildman–Crippen LogP) is 12.4. The van der Waals surface area contributed by atoms with Gasteiger partial charge in [0, 0.05) is 33.0 Å². The largest absolute Gasteiger partial charge is 0.455 e. The zero-order valence-electron chi connectivity index (χ0n) is 38.6. The Morgan fingerprint density at radius 3 is 1.86 bits per heavy atom. The zero-order chi connectivity index (χ0) is 44.2. The molecule has 0 N–H and O–H groups in total. The topological polar surface area (TPSA) is 51.8 Å². The van der Waals surface area contributed by atoms with Crippen LogP contribution in [0, 0.1) is 0 Å². The number of fused-ring (bicyclic) bond motifs is 6. The SMILES string of the molecule is [2H]c1cc(-c2ccc(-c3c([2H])c([2H])c([2H])c([2H])c3[2H])cc2)c2oc3ccc([2H])c(-c4nc(-c5ccc6ccc7ccccc7c6c5)nc(-c5c([2H])c([2H])c([2H])c([2H])c5[2H])n4)c3c2c1. The summed E-state index contributed by atoms with van der Waals surface area (Å²) in [5.41, 5.74) is 2.78. The summed E-state index contributed by atoms with van der Waals surface area (Å²) >= 11 is 0. The van der Waals surface area contributed by atoms with Crippen molar-refractivity contribution in [2.45, 2.75) is 0 Å². The molecule has 51 heavy (non-hydrogen) atoms. The molecule has 2 heterocycles. The van der Waals surface area contributed by atoms with Crippen molar-refractivity contribution < 1.29 is 20.9 Å². The zero-order valence-corrected chi connectivity index (χ0v) is 26.6. The molecule has 0 aliphatic carbocycles. The van der Waals surface area contributed by atoms with Crippen molar-refractivity contribution in [2.24, 2.45) is 0 Å². The Morgan fingerprint density at radius 2 is 1.06 bits per heavy atom. The van der Waals surface area contributed by atoms with Gasteiger partial charge in [0.15, 0.2) is 17.5 Å². The highest BCUT2D eigenvalue weighted by Crippen LogP contribution is 2.41. The van der Waals surface area contributed by atoms with E-state index >= 15 is 0 Å². The molecule has 4 heteroatoms. The molecule has 0 fully saturated rings. The number of rotatable bonds is 5. The first kappa shape index (κ1) is 19.3. The quantitative estimate of drug-likeness (QED) is 0.172. The molecular formula is C47H29N3O. The minimum absolute atomic E-state index is 0.0150. The Balaban J connectivity index is 1.20. The van der Waals surface area contributed by atoms with Crippen LogP contribution in [0.3, 0.4) is 0 Å². The van der Waals surface area contributed by atoms with Gasteiger partial charge in [-0.1, -0.05) is 164 Å². The molecule has 0 saturated carbocycles. The van der Waals surface area contributed by atoms with Gasteiger partial charge in [-0.3, -0.25) is 0 Å². The first-order valence-electron chi connectivity index (χ1n) is 22.1. The average molecular weight is 664 g/mol. The lowest BCUT2D eigenvalue weighted by molar-refractivity contribution is 0.670. The number of para-hydroxylation sites is 1. The molecule has 4 nitrogen and oxygen atoms in total. The molecule has 0 spiro atoms. The Labute approximate surface area is 311 Å². The van der Waals surface area contributed by atoms with Crippen molar-refractivity contribution >= 4 is 43.5 Å². The Hall–Kier alpha value is -6.91. The lowest BCUT2D eigenvalue weighted by atomic mass is 9.98. The summed E-state index contributed by atoms with van der Waals surface area (Å²) in [5, 5.41) is 4.75. The first-order chi connectivity index (χ1) is 30.2. The number of benzene rings is 8. The number of hydrogen-bond donors (Lipinski definition) is 0.